The number of amides is 1. The van der Waals surface area contributed by atoms with Crippen molar-refractivity contribution < 1.29 is 14.3 Å². The van der Waals surface area contributed by atoms with E-state index < -0.39 is 5.91 Å². The van der Waals surface area contributed by atoms with Crippen LogP contribution in [-0.4, -0.2) is 13.0 Å². The molecule has 0 aliphatic carbocycles. The smallest absolute Gasteiger partial charge is 0.259 e. The molecule has 1 amide bonds. The van der Waals surface area contributed by atoms with Crippen molar-refractivity contribution in [3.05, 3.63) is 64.2 Å². The van der Waals surface area contributed by atoms with Gasteiger partial charge in [-0.15, -0.1) is 0 Å². The zero-order valence-corrected chi connectivity index (χ0v) is 13.7. The van der Waals surface area contributed by atoms with Gasteiger partial charge in [-0.25, -0.2) is 0 Å². The Balaban J connectivity index is 2.35. The van der Waals surface area contributed by atoms with E-state index in [0.717, 1.165) is 5.56 Å². The van der Waals surface area contributed by atoms with E-state index in [0.29, 0.717) is 22.1 Å². The number of primary amides is 1. The van der Waals surface area contributed by atoms with Gasteiger partial charge in [0.1, 0.15) is 18.2 Å². The van der Waals surface area contributed by atoms with Crippen molar-refractivity contribution in [2.24, 2.45) is 5.73 Å². The molecule has 5 nitrogen and oxygen atoms in total. The topological polar surface area (TPSA) is 85.3 Å². The van der Waals surface area contributed by atoms with Gasteiger partial charge in [-0.1, -0.05) is 35.9 Å². The highest BCUT2D eigenvalue weighted by Crippen LogP contribution is 2.33. The Bertz CT molecular complexity index is 808. The molecule has 0 aromatic heterocycles. The molecule has 2 rings (SSSR count). The first kappa shape index (κ1) is 17.4. The summed E-state index contributed by atoms with van der Waals surface area (Å²) >= 11 is 5.86. The number of hydrogen-bond donors (Lipinski definition) is 1. The van der Waals surface area contributed by atoms with Gasteiger partial charge < -0.3 is 15.2 Å². The van der Waals surface area contributed by atoms with Gasteiger partial charge in [-0.3, -0.25) is 4.79 Å². The number of rotatable bonds is 6. The Labute approximate surface area is 144 Å². The SMILES string of the molecule is COc1cccc(/C=C(/C#N)C(N)=O)c1OCc1ccc(Cl)cc1. The number of methoxy groups -OCH3 is 1. The van der Waals surface area contributed by atoms with Crippen molar-refractivity contribution in [1.29, 1.82) is 5.26 Å². The normalized spacial score (nSPS) is 10.8. The number of nitrogens with two attached hydrogens (primary N) is 1. The fourth-order valence-electron chi connectivity index (χ4n) is 2.01. The molecule has 0 saturated heterocycles. The van der Waals surface area contributed by atoms with Gasteiger partial charge >= 0.3 is 0 Å². The van der Waals surface area contributed by atoms with Gasteiger partial charge in [-0.05, 0) is 29.8 Å². The molecule has 0 saturated carbocycles. The van der Waals surface area contributed by atoms with Crippen molar-refractivity contribution in [1.82, 2.24) is 0 Å². The molecule has 2 aromatic carbocycles. The quantitative estimate of drug-likeness (QED) is 0.644. The van der Waals surface area contributed by atoms with E-state index in [1.807, 2.05) is 12.1 Å². The summed E-state index contributed by atoms with van der Waals surface area (Å²) in [5.74, 6) is 0.104. The summed E-state index contributed by atoms with van der Waals surface area (Å²) in [6.07, 6.45) is 1.38. The van der Waals surface area contributed by atoms with Crippen molar-refractivity contribution in [3.8, 4) is 17.6 Å². The largest absolute Gasteiger partial charge is 0.493 e. The lowest BCUT2D eigenvalue weighted by atomic mass is 10.1. The van der Waals surface area contributed by atoms with E-state index in [4.69, 9.17) is 32.1 Å². The third-order valence-electron chi connectivity index (χ3n) is 3.21. The van der Waals surface area contributed by atoms with Crippen LogP contribution in [0.5, 0.6) is 11.5 Å². The molecule has 0 atom stereocenters. The number of halogens is 1. The number of ether oxygens (including phenoxy) is 2. The lowest BCUT2D eigenvalue weighted by Gasteiger charge is -2.13. The highest BCUT2D eigenvalue weighted by Gasteiger charge is 2.12. The van der Waals surface area contributed by atoms with Crippen molar-refractivity contribution in [3.63, 3.8) is 0 Å². The third-order valence-corrected chi connectivity index (χ3v) is 3.46. The highest BCUT2D eigenvalue weighted by atomic mass is 35.5. The summed E-state index contributed by atoms with van der Waals surface area (Å²) in [4.78, 5) is 11.3. The van der Waals surface area contributed by atoms with Crippen LogP contribution in [0.2, 0.25) is 5.02 Å². The first-order valence-electron chi connectivity index (χ1n) is 7.01. The second kappa shape index (κ2) is 8.04. The molecule has 0 bridgehead atoms. The summed E-state index contributed by atoms with van der Waals surface area (Å²) in [6.45, 7) is 0.275. The van der Waals surface area contributed by atoms with Crippen LogP contribution in [0.25, 0.3) is 6.08 Å². The number of nitrogens with zero attached hydrogens (tertiary/aromatic N) is 1. The molecule has 0 aliphatic heterocycles. The summed E-state index contributed by atoms with van der Waals surface area (Å²) < 4.78 is 11.1. The second-order valence-corrected chi connectivity index (χ2v) is 5.26. The molecule has 2 N–H and O–H groups in total. The summed E-state index contributed by atoms with van der Waals surface area (Å²) in [7, 11) is 1.51. The third kappa shape index (κ3) is 4.28. The summed E-state index contributed by atoms with van der Waals surface area (Å²) in [5.41, 5.74) is 6.45. The predicted octanol–water partition coefficient (Wildman–Crippen LogP) is 3.32. The van der Waals surface area contributed by atoms with Gasteiger partial charge in [0.25, 0.3) is 5.91 Å². The lowest BCUT2D eigenvalue weighted by molar-refractivity contribution is -0.114. The summed E-state index contributed by atoms with van der Waals surface area (Å²) in [6, 6.07) is 14.2. The molecule has 0 heterocycles. The zero-order valence-electron chi connectivity index (χ0n) is 13.0. The zero-order chi connectivity index (χ0) is 17.5. The maximum Gasteiger partial charge on any atom is 0.259 e. The molecule has 122 valence electrons. The molecule has 0 spiro atoms. The molecule has 2 aromatic rings. The molecule has 0 aliphatic rings. The second-order valence-electron chi connectivity index (χ2n) is 4.83. The molecule has 0 radical (unpaired) electrons. The minimum absolute atomic E-state index is 0.167. The molecule has 0 fully saturated rings. The van der Waals surface area contributed by atoms with Gasteiger partial charge in [0.05, 0.1) is 7.11 Å². The average Bonchev–Trinajstić information content (AvgIpc) is 2.59. The van der Waals surface area contributed by atoms with Crippen LogP contribution in [0.15, 0.2) is 48.0 Å². The number of benzene rings is 2. The Morgan fingerprint density at radius 3 is 2.58 bits per heavy atom. The van der Waals surface area contributed by atoms with E-state index in [1.54, 1.807) is 36.4 Å². The van der Waals surface area contributed by atoms with Gasteiger partial charge in [-0.2, -0.15) is 5.26 Å². The Morgan fingerprint density at radius 1 is 1.29 bits per heavy atom. The average molecular weight is 343 g/mol. The monoisotopic (exact) mass is 342 g/mol. The van der Waals surface area contributed by atoms with Crippen molar-refractivity contribution in [2.45, 2.75) is 6.61 Å². The molecule has 24 heavy (non-hydrogen) atoms. The maximum atomic E-state index is 11.3. The Kier molecular flexibility index (Phi) is 5.83. The summed E-state index contributed by atoms with van der Waals surface area (Å²) in [5, 5.41) is 9.64. The minimum Gasteiger partial charge on any atom is -0.493 e. The van der Waals surface area contributed by atoms with Crippen LogP contribution < -0.4 is 15.2 Å². The van der Waals surface area contributed by atoms with E-state index in [-0.39, 0.29) is 12.2 Å². The van der Waals surface area contributed by atoms with Crippen LogP contribution in [0, 0.1) is 11.3 Å². The minimum atomic E-state index is -0.802. The predicted molar refractivity (Wildman–Crippen MR) is 91.6 cm³/mol. The Morgan fingerprint density at radius 2 is 2.00 bits per heavy atom. The van der Waals surface area contributed by atoms with E-state index in [2.05, 4.69) is 0 Å². The molecular weight excluding hydrogens is 328 g/mol. The number of hydrogen-bond acceptors (Lipinski definition) is 4. The van der Waals surface area contributed by atoms with Crippen molar-refractivity contribution >= 4 is 23.6 Å². The van der Waals surface area contributed by atoms with E-state index in [1.165, 1.54) is 13.2 Å². The van der Waals surface area contributed by atoms with Crippen molar-refractivity contribution in [2.75, 3.05) is 7.11 Å². The van der Waals surface area contributed by atoms with Crippen LogP contribution in [0.3, 0.4) is 0 Å². The fraction of sp³-hybridized carbons (Fsp3) is 0.111. The molecule has 0 unspecified atom stereocenters. The van der Waals surface area contributed by atoms with Gasteiger partial charge in [0.15, 0.2) is 11.5 Å². The van der Waals surface area contributed by atoms with Crippen LogP contribution >= 0.6 is 11.6 Å². The fourth-order valence-corrected chi connectivity index (χ4v) is 2.14. The molecule has 6 heteroatoms. The first-order chi connectivity index (χ1) is 11.5. The van der Waals surface area contributed by atoms with E-state index in [9.17, 15) is 4.79 Å². The Hall–Kier alpha value is -2.97. The van der Waals surface area contributed by atoms with Crippen LogP contribution in [0.1, 0.15) is 11.1 Å². The molecular formula is C18H15ClN2O3. The lowest BCUT2D eigenvalue weighted by Crippen LogP contribution is -2.12. The standard InChI is InChI=1S/C18H15ClN2O3/c1-23-16-4-2-3-13(9-14(10-20)18(21)22)17(16)24-11-12-5-7-15(19)8-6-12/h2-9H,11H2,1H3,(H2,21,22)/b14-9-. The number of carbonyl (C=O) groups is 1. The maximum absolute atomic E-state index is 11.3. The first-order valence-corrected chi connectivity index (χ1v) is 7.38. The number of para-hydroxylation sites is 1. The van der Waals surface area contributed by atoms with Crippen LogP contribution in [-0.2, 0) is 11.4 Å². The number of nitriles is 1. The van der Waals surface area contributed by atoms with Crippen LogP contribution in [0.4, 0.5) is 0 Å². The van der Waals surface area contributed by atoms with E-state index >= 15 is 0 Å². The number of carbonyl (C=O) groups excluding carboxylic acids is 1. The van der Waals surface area contributed by atoms with Gasteiger partial charge in [0.2, 0.25) is 0 Å². The highest BCUT2D eigenvalue weighted by molar-refractivity contribution is 6.30. The van der Waals surface area contributed by atoms with Gasteiger partial charge in [0, 0.05) is 10.6 Å².